The van der Waals surface area contributed by atoms with Gasteiger partial charge in [0.2, 0.25) is 0 Å². The first kappa shape index (κ1) is 24.7. The van der Waals surface area contributed by atoms with E-state index in [9.17, 15) is 18.3 Å². The summed E-state index contributed by atoms with van der Waals surface area (Å²) in [5.74, 6) is 0.202. The first-order chi connectivity index (χ1) is 13.8. The van der Waals surface area contributed by atoms with Gasteiger partial charge in [-0.3, -0.25) is 0 Å². The molecule has 2 amide bonds. The molecule has 3 N–H and O–H groups in total. The summed E-state index contributed by atoms with van der Waals surface area (Å²) >= 11 is 9.54. The smallest absolute Gasteiger partial charge is 0.333 e. The third-order valence-corrected chi connectivity index (χ3v) is 6.87. The number of amides is 2. The minimum atomic E-state index is -4.26. The fourth-order valence-corrected chi connectivity index (χ4v) is 4.94. The Kier molecular flexibility index (Phi) is 7.96. The molecular weight excluding hydrogens is 492 g/mol. The van der Waals surface area contributed by atoms with Crippen molar-refractivity contribution in [3.63, 3.8) is 0 Å². The molecule has 2 rings (SSSR count). The van der Waals surface area contributed by atoms with E-state index in [2.05, 4.69) is 21.2 Å². The van der Waals surface area contributed by atoms with Gasteiger partial charge < -0.3 is 10.4 Å². The monoisotopic (exact) mass is 516 g/mol. The predicted octanol–water partition coefficient (Wildman–Crippen LogP) is 5.91. The highest BCUT2D eigenvalue weighted by Gasteiger charge is 2.24. The van der Waals surface area contributed by atoms with E-state index in [-0.39, 0.29) is 21.8 Å². The lowest BCUT2D eigenvalue weighted by Gasteiger charge is -2.21. The van der Waals surface area contributed by atoms with Crippen molar-refractivity contribution in [3.05, 3.63) is 56.5 Å². The van der Waals surface area contributed by atoms with Gasteiger partial charge in [0, 0.05) is 10.2 Å². The molecule has 0 aliphatic carbocycles. The molecule has 0 bridgehead atoms. The summed E-state index contributed by atoms with van der Waals surface area (Å²) in [4.78, 5) is 12.4. The number of rotatable bonds is 6. The third-order valence-electron chi connectivity index (χ3n) is 4.60. The number of carbonyl (C=O) groups excluding carboxylic acids is 1. The molecule has 0 aromatic heterocycles. The quantitative estimate of drug-likeness (QED) is 0.444. The number of halogens is 2. The van der Waals surface area contributed by atoms with Crippen molar-refractivity contribution < 1.29 is 18.3 Å². The molecule has 6 nitrogen and oxygen atoms in total. The van der Waals surface area contributed by atoms with Crippen LogP contribution in [0, 0.1) is 0 Å². The van der Waals surface area contributed by atoms with E-state index in [1.54, 1.807) is 0 Å². The van der Waals surface area contributed by atoms with Gasteiger partial charge in [0.15, 0.2) is 0 Å². The molecule has 30 heavy (non-hydrogen) atoms. The Bertz CT molecular complexity index is 1020. The van der Waals surface area contributed by atoms with Crippen molar-refractivity contribution >= 4 is 49.3 Å². The summed E-state index contributed by atoms with van der Waals surface area (Å²) in [7, 11) is -4.26. The van der Waals surface area contributed by atoms with Crippen LogP contribution in [0.1, 0.15) is 69.2 Å². The molecule has 0 saturated carbocycles. The third kappa shape index (κ3) is 5.75. The zero-order valence-electron chi connectivity index (χ0n) is 17.5. The molecule has 0 fully saturated rings. The second kappa shape index (κ2) is 9.68. The van der Waals surface area contributed by atoms with Crippen molar-refractivity contribution in [1.29, 1.82) is 0 Å². The van der Waals surface area contributed by atoms with Crippen LogP contribution in [0.25, 0.3) is 0 Å². The summed E-state index contributed by atoms with van der Waals surface area (Å²) in [6, 6.07) is 7.07. The zero-order valence-corrected chi connectivity index (χ0v) is 20.6. The molecule has 164 valence electrons. The second-order valence-electron chi connectivity index (χ2n) is 7.69. The van der Waals surface area contributed by atoms with Gasteiger partial charge in [-0.2, -0.15) is 0 Å². The average molecular weight is 518 g/mol. The van der Waals surface area contributed by atoms with E-state index < -0.39 is 22.2 Å². The van der Waals surface area contributed by atoms with Crippen LogP contribution in [0.3, 0.4) is 0 Å². The molecule has 0 spiro atoms. The van der Waals surface area contributed by atoms with Crippen LogP contribution in [-0.4, -0.2) is 19.6 Å². The standard InChI is InChI=1S/C21H26BrClN2O4S/c1-11(2)16-9-15(22)10-17(12(3)4)20(16)24-21(27)25-30(28,29)19-8-14(13(5)26)6-7-18(19)23/h6-13,26H,1-5H3,(H2,24,25,27). The van der Waals surface area contributed by atoms with Gasteiger partial charge in [-0.05, 0) is 59.7 Å². The summed E-state index contributed by atoms with van der Waals surface area (Å²) in [6.07, 6.45) is -0.880. The second-order valence-corrected chi connectivity index (χ2v) is 10.7. The molecule has 1 atom stereocenters. The van der Waals surface area contributed by atoms with Crippen LogP contribution in [0.4, 0.5) is 10.5 Å². The van der Waals surface area contributed by atoms with Crippen LogP contribution in [0.2, 0.25) is 5.02 Å². The van der Waals surface area contributed by atoms with Crippen LogP contribution in [0.5, 0.6) is 0 Å². The van der Waals surface area contributed by atoms with E-state index in [4.69, 9.17) is 11.6 Å². The summed E-state index contributed by atoms with van der Waals surface area (Å²) < 4.78 is 28.5. The van der Waals surface area contributed by atoms with Gasteiger partial charge in [0.05, 0.1) is 11.1 Å². The number of carbonyl (C=O) groups is 1. The van der Waals surface area contributed by atoms with Gasteiger partial charge in [-0.15, -0.1) is 0 Å². The molecule has 1 unspecified atom stereocenters. The lowest BCUT2D eigenvalue weighted by Crippen LogP contribution is -2.35. The SMILES string of the molecule is CC(C)c1cc(Br)cc(C(C)C)c1NC(=O)NS(=O)(=O)c1cc(C(C)O)ccc1Cl. The number of hydrogen-bond donors (Lipinski definition) is 3. The highest BCUT2D eigenvalue weighted by atomic mass is 79.9. The highest BCUT2D eigenvalue weighted by molar-refractivity contribution is 9.10. The van der Waals surface area contributed by atoms with E-state index >= 15 is 0 Å². The molecule has 0 radical (unpaired) electrons. The minimum absolute atomic E-state index is 0.0471. The van der Waals surface area contributed by atoms with Gasteiger partial charge in [0.1, 0.15) is 4.90 Å². The van der Waals surface area contributed by atoms with Crippen LogP contribution in [0.15, 0.2) is 39.7 Å². The molecule has 0 aliphatic heterocycles. The molecule has 0 saturated heterocycles. The first-order valence-corrected chi connectivity index (χ1v) is 12.1. The summed E-state index contributed by atoms with van der Waals surface area (Å²) in [5, 5.41) is 12.4. The number of sulfonamides is 1. The van der Waals surface area contributed by atoms with Crippen molar-refractivity contribution in [2.24, 2.45) is 0 Å². The van der Waals surface area contributed by atoms with Gasteiger partial charge in [-0.25, -0.2) is 17.9 Å². The predicted molar refractivity (Wildman–Crippen MR) is 124 cm³/mol. The van der Waals surface area contributed by atoms with Crippen LogP contribution >= 0.6 is 27.5 Å². The molecule has 2 aromatic carbocycles. The van der Waals surface area contributed by atoms with E-state index in [0.29, 0.717) is 11.3 Å². The van der Waals surface area contributed by atoms with E-state index in [0.717, 1.165) is 15.6 Å². The number of hydrogen-bond acceptors (Lipinski definition) is 4. The Balaban J connectivity index is 2.40. The Morgan fingerprint density at radius 2 is 1.57 bits per heavy atom. The Morgan fingerprint density at radius 3 is 2.03 bits per heavy atom. The van der Waals surface area contributed by atoms with Crippen molar-refractivity contribution in [2.45, 2.75) is 57.5 Å². The maximum Gasteiger partial charge on any atom is 0.333 e. The maximum absolute atomic E-state index is 12.8. The van der Waals surface area contributed by atoms with Gasteiger partial charge in [-0.1, -0.05) is 61.3 Å². The topological polar surface area (TPSA) is 95.5 Å². The molecule has 0 aliphatic rings. The zero-order chi connectivity index (χ0) is 22.8. The van der Waals surface area contributed by atoms with Crippen LogP contribution < -0.4 is 10.0 Å². The average Bonchev–Trinajstić information content (AvgIpc) is 2.61. The van der Waals surface area contributed by atoms with Crippen LogP contribution in [-0.2, 0) is 10.0 Å². The number of urea groups is 1. The number of nitrogens with one attached hydrogen (secondary N) is 2. The first-order valence-electron chi connectivity index (χ1n) is 9.48. The number of benzene rings is 2. The summed E-state index contributed by atoms with van der Waals surface area (Å²) in [6.45, 7) is 9.48. The Morgan fingerprint density at radius 1 is 1.03 bits per heavy atom. The molecule has 9 heteroatoms. The molecule has 0 heterocycles. The maximum atomic E-state index is 12.8. The number of aliphatic hydroxyl groups excluding tert-OH is 1. The Labute approximate surface area is 191 Å². The fraction of sp³-hybridized carbons (Fsp3) is 0.381. The van der Waals surface area contributed by atoms with Gasteiger partial charge in [0.25, 0.3) is 10.0 Å². The fourth-order valence-electron chi connectivity index (χ4n) is 3.01. The summed E-state index contributed by atoms with van der Waals surface area (Å²) in [5.41, 5.74) is 2.72. The number of anilines is 1. The normalized spacial score (nSPS) is 12.9. The lowest BCUT2D eigenvalue weighted by molar-refractivity contribution is 0.199. The van der Waals surface area contributed by atoms with Gasteiger partial charge >= 0.3 is 6.03 Å². The van der Waals surface area contributed by atoms with E-state index in [1.807, 2.05) is 44.5 Å². The number of aliphatic hydroxyl groups is 1. The minimum Gasteiger partial charge on any atom is -0.389 e. The van der Waals surface area contributed by atoms with Crippen molar-refractivity contribution in [2.75, 3.05) is 5.32 Å². The Hall–Kier alpha value is -1.61. The lowest BCUT2D eigenvalue weighted by atomic mass is 9.93. The molecule has 2 aromatic rings. The van der Waals surface area contributed by atoms with E-state index in [1.165, 1.54) is 25.1 Å². The highest BCUT2D eigenvalue weighted by Crippen LogP contribution is 2.35. The molecular formula is C21H26BrClN2O4S. The van der Waals surface area contributed by atoms with Crippen molar-refractivity contribution in [1.82, 2.24) is 4.72 Å². The largest absolute Gasteiger partial charge is 0.389 e. The van der Waals surface area contributed by atoms with Crippen molar-refractivity contribution in [3.8, 4) is 0 Å².